The number of carbonyl (C=O) groups is 1. The van der Waals surface area contributed by atoms with Gasteiger partial charge in [-0.05, 0) is 98.7 Å². The normalized spacial score (nSPS) is 32.5. The number of anilines is 1. The number of ether oxygens (including phenoxy) is 1. The second-order valence-electron chi connectivity index (χ2n) is 13.9. The van der Waals surface area contributed by atoms with Gasteiger partial charge in [-0.25, -0.2) is 13.1 Å². The zero-order chi connectivity index (χ0) is 33.0. The first-order chi connectivity index (χ1) is 22.5. The molecule has 1 saturated carbocycles. The largest absolute Gasteiger partial charge is 0.490 e. The van der Waals surface area contributed by atoms with Crippen LogP contribution < -0.4 is 14.4 Å². The predicted molar refractivity (Wildman–Crippen MR) is 181 cm³/mol. The van der Waals surface area contributed by atoms with Crippen molar-refractivity contribution in [2.45, 2.75) is 68.6 Å². The molecular formula is C36H41ClN4O5S. The molecule has 4 aliphatic rings. The van der Waals surface area contributed by atoms with Crippen LogP contribution in [0.2, 0.25) is 5.02 Å². The average Bonchev–Trinajstić information content (AvgIpc) is 3.19. The van der Waals surface area contributed by atoms with E-state index in [1.807, 2.05) is 19.1 Å². The van der Waals surface area contributed by atoms with Gasteiger partial charge in [-0.1, -0.05) is 36.7 Å². The molecule has 2 aliphatic heterocycles. The summed E-state index contributed by atoms with van der Waals surface area (Å²) in [6, 6.07) is 11.3. The molecule has 2 aromatic carbocycles. The van der Waals surface area contributed by atoms with Gasteiger partial charge in [-0.2, -0.15) is 0 Å². The Balaban J connectivity index is 1.35. The first-order valence-electron chi connectivity index (χ1n) is 16.5. The maximum Gasteiger partial charge on any atom is 0.264 e. The lowest BCUT2D eigenvalue weighted by Crippen LogP contribution is -2.51. The van der Waals surface area contributed by atoms with E-state index in [0.29, 0.717) is 42.6 Å². The van der Waals surface area contributed by atoms with Crippen LogP contribution in [-0.4, -0.2) is 54.3 Å². The van der Waals surface area contributed by atoms with E-state index in [0.717, 1.165) is 37.8 Å². The Morgan fingerprint density at radius 2 is 1.98 bits per heavy atom. The molecule has 47 heavy (non-hydrogen) atoms. The van der Waals surface area contributed by atoms with E-state index in [2.05, 4.69) is 31.7 Å². The summed E-state index contributed by atoms with van der Waals surface area (Å²) >= 11 is 6.43. The summed E-state index contributed by atoms with van der Waals surface area (Å²) < 4.78 is 35.7. The number of benzene rings is 2. The molecule has 1 fully saturated rings. The molecule has 1 aromatic heterocycles. The van der Waals surface area contributed by atoms with Gasteiger partial charge in [0.15, 0.2) is 0 Å². The van der Waals surface area contributed by atoms with Crippen LogP contribution in [0.1, 0.15) is 73.1 Å². The van der Waals surface area contributed by atoms with Crippen molar-refractivity contribution in [3.05, 3.63) is 94.5 Å². The number of amides is 1. The number of allylic oxidation sites excluding steroid dienone is 1. The number of aromatic nitrogens is 2. The van der Waals surface area contributed by atoms with E-state index in [-0.39, 0.29) is 28.7 Å². The number of nitrogens with zero attached hydrogens (tertiary/aromatic N) is 3. The number of halogens is 1. The average molecular weight is 677 g/mol. The van der Waals surface area contributed by atoms with Crippen molar-refractivity contribution in [1.29, 1.82) is 0 Å². The van der Waals surface area contributed by atoms with Gasteiger partial charge in [0.05, 0.1) is 29.4 Å². The third kappa shape index (κ3) is 5.82. The van der Waals surface area contributed by atoms with Gasteiger partial charge in [-0.3, -0.25) is 14.8 Å². The quantitative estimate of drug-likeness (QED) is 0.322. The molecule has 2 aliphatic carbocycles. The molecule has 9 nitrogen and oxygen atoms in total. The van der Waals surface area contributed by atoms with Crippen LogP contribution in [0, 0.1) is 17.8 Å². The molecule has 6 atom stereocenters. The maximum absolute atomic E-state index is 13.5. The zero-order valence-corrected chi connectivity index (χ0v) is 28.3. The Morgan fingerprint density at radius 3 is 2.74 bits per heavy atom. The molecule has 0 saturated heterocycles. The zero-order valence-electron chi connectivity index (χ0n) is 26.7. The first-order valence-corrected chi connectivity index (χ1v) is 18.4. The fraction of sp³-hybridized carbons (Fsp3) is 0.472. The minimum absolute atomic E-state index is 0.102. The monoisotopic (exact) mass is 676 g/mol. The number of sulfonamides is 1. The first kappa shape index (κ1) is 32.1. The fourth-order valence-corrected chi connectivity index (χ4v) is 9.53. The van der Waals surface area contributed by atoms with Gasteiger partial charge in [0.2, 0.25) is 10.0 Å². The molecular weight excluding hydrogens is 636 g/mol. The summed E-state index contributed by atoms with van der Waals surface area (Å²) in [5.74, 6) is -0.388. The Morgan fingerprint density at radius 1 is 1.13 bits per heavy atom. The highest BCUT2D eigenvalue weighted by Crippen LogP contribution is 2.50. The molecule has 7 rings (SSSR count). The van der Waals surface area contributed by atoms with Crippen molar-refractivity contribution in [3.8, 4) is 5.75 Å². The molecule has 3 heterocycles. The van der Waals surface area contributed by atoms with Gasteiger partial charge < -0.3 is 14.7 Å². The fourth-order valence-electron chi connectivity index (χ4n) is 8.05. The third-order valence-corrected chi connectivity index (χ3v) is 13.3. The smallest absolute Gasteiger partial charge is 0.264 e. The minimum Gasteiger partial charge on any atom is -0.490 e. The number of hydrogen-bond acceptors (Lipinski definition) is 8. The van der Waals surface area contributed by atoms with Gasteiger partial charge in [0.1, 0.15) is 11.4 Å². The number of hydrogen-bond donors (Lipinski definition) is 2. The van der Waals surface area contributed by atoms with E-state index in [9.17, 15) is 18.3 Å². The minimum atomic E-state index is -4.00. The number of aliphatic hydroxyl groups is 1. The number of carbonyl (C=O) groups excluding carboxylic acids is 1. The Labute approximate surface area is 281 Å². The van der Waals surface area contributed by atoms with Crippen molar-refractivity contribution < 1.29 is 23.1 Å². The second-order valence-corrected chi connectivity index (χ2v) is 16.4. The molecule has 248 valence electrons. The highest BCUT2D eigenvalue weighted by molar-refractivity contribution is 7.90. The van der Waals surface area contributed by atoms with Gasteiger partial charge in [0, 0.05) is 47.4 Å². The van der Waals surface area contributed by atoms with Crippen molar-refractivity contribution in [3.63, 3.8) is 0 Å². The Bertz CT molecular complexity index is 1820. The van der Waals surface area contributed by atoms with Gasteiger partial charge >= 0.3 is 0 Å². The molecule has 2 bridgehead atoms. The van der Waals surface area contributed by atoms with E-state index < -0.39 is 26.8 Å². The lowest BCUT2D eigenvalue weighted by molar-refractivity contribution is -0.0532. The van der Waals surface area contributed by atoms with Crippen molar-refractivity contribution in [2.75, 3.05) is 24.6 Å². The summed E-state index contributed by atoms with van der Waals surface area (Å²) in [4.78, 5) is 24.6. The number of aryl methyl sites for hydroxylation is 1. The summed E-state index contributed by atoms with van der Waals surface area (Å²) in [7, 11) is -4.00. The highest BCUT2D eigenvalue weighted by atomic mass is 35.5. The van der Waals surface area contributed by atoms with E-state index in [4.69, 9.17) is 16.3 Å². The maximum atomic E-state index is 13.5. The second kappa shape index (κ2) is 12.2. The molecule has 1 amide bonds. The number of rotatable bonds is 1. The lowest BCUT2D eigenvalue weighted by atomic mass is 9.63. The Kier molecular flexibility index (Phi) is 8.33. The van der Waals surface area contributed by atoms with Gasteiger partial charge in [0.25, 0.3) is 5.91 Å². The summed E-state index contributed by atoms with van der Waals surface area (Å²) in [6.45, 7) is 5.14. The summed E-state index contributed by atoms with van der Waals surface area (Å²) in [5, 5.41) is 12.3. The van der Waals surface area contributed by atoms with Crippen LogP contribution in [0.25, 0.3) is 0 Å². The van der Waals surface area contributed by atoms with Crippen LogP contribution in [0.5, 0.6) is 5.75 Å². The molecule has 0 radical (unpaired) electrons. The van der Waals surface area contributed by atoms with Crippen molar-refractivity contribution in [1.82, 2.24) is 14.7 Å². The van der Waals surface area contributed by atoms with Crippen molar-refractivity contribution in [2.24, 2.45) is 17.8 Å². The molecule has 2 N–H and O–H groups in total. The van der Waals surface area contributed by atoms with E-state index in [1.54, 1.807) is 49.8 Å². The Hall–Kier alpha value is -3.47. The standard InChI is InChI=1S/C36H41ClN4O5S/c1-23-5-3-14-36(43,33-19-38-15-16-39-33)30-10-7-27(30)20-41-21-35(13-4-6-25-17-28(37)9-11-29(25)35)22-46-32-12-8-26(18-31(32)41)34(42)40-47(44,45)24(23)2/h3,8-9,11-12,14-19,23-24,27,30,43H,4-7,10,13,20-22H2,1-2H3,(H,40,42)/b14-3+/t23-,24+,27-,30+,35-,36-/m0/s1. The van der Waals surface area contributed by atoms with Crippen LogP contribution in [0.3, 0.4) is 0 Å². The highest BCUT2D eigenvalue weighted by Gasteiger charge is 2.49. The number of fused-ring (bicyclic) bond motifs is 4. The topological polar surface area (TPSA) is 122 Å². The predicted octanol–water partition coefficient (Wildman–Crippen LogP) is 5.56. The molecule has 11 heteroatoms. The molecule has 1 spiro atoms. The van der Waals surface area contributed by atoms with Crippen LogP contribution in [0.4, 0.5) is 5.69 Å². The van der Waals surface area contributed by atoms with E-state index >= 15 is 0 Å². The summed E-state index contributed by atoms with van der Waals surface area (Å²) in [5.41, 5.74) is 2.21. The lowest BCUT2D eigenvalue weighted by Gasteiger charge is -2.48. The van der Waals surface area contributed by atoms with Crippen LogP contribution in [-0.2, 0) is 27.5 Å². The summed E-state index contributed by atoms with van der Waals surface area (Å²) in [6.07, 6.45) is 13.4. The van der Waals surface area contributed by atoms with Crippen LogP contribution >= 0.6 is 11.6 Å². The van der Waals surface area contributed by atoms with E-state index in [1.165, 1.54) is 11.1 Å². The number of nitrogens with one attached hydrogen (secondary N) is 1. The molecule has 3 aromatic rings. The van der Waals surface area contributed by atoms with Gasteiger partial charge in [-0.15, -0.1) is 0 Å². The molecule has 0 unspecified atom stereocenters. The van der Waals surface area contributed by atoms with Crippen LogP contribution in [0.15, 0.2) is 67.1 Å². The van der Waals surface area contributed by atoms with Crippen molar-refractivity contribution >= 4 is 33.2 Å². The third-order valence-electron chi connectivity index (χ3n) is 11.1. The SMILES string of the molecule is C[C@@H]1[C@@H](C)C/C=C/[C@@](O)(c2cnccn2)[C@@H]2CC[C@H]2CN2C[C@@]3(CCCc4cc(Cl)ccc43)COc3ccc(cc32)C(=O)NS1(=O)=O.